The number of aromatic nitrogens is 1. The summed E-state index contributed by atoms with van der Waals surface area (Å²) in [5, 5.41) is 1.20. The van der Waals surface area contributed by atoms with Gasteiger partial charge < -0.3 is 4.90 Å². The molecule has 17 heavy (non-hydrogen) atoms. The van der Waals surface area contributed by atoms with Crippen LogP contribution in [-0.2, 0) is 0 Å². The van der Waals surface area contributed by atoms with Crippen molar-refractivity contribution in [1.82, 2.24) is 4.98 Å². The van der Waals surface area contributed by atoms with E-state index in [1.165, 1.54) is 27.8 Å². The van der Waals surface area contributed by atoms with Crippen molar-refractivity contribution in [2.45, 2.75) is 19.4 Å². The number of thiazole rings is 1. The van der Waals surface area contributed by atoms with Gasteiger partial charge in [-0.25, -0.2) is 4.98 Å². The zero-order valence-corrected chi connectivity index (χ0v) is 11.6. The highest BCUT2D eigenvalue weighted by Crippen LogP contribution is 2.31. The Balaban J connectivity index is 1.95. The predicted molar refractivity (Wildman–Crippen MR) is 78.4 cm³/mol. The van der Waals surface area contributed by atoms with E-state index in [0.717, 1.165) is 12.1 Å². The third-order valence-corrected chi connectivity index (χ3v) is 5.29. The van der Waals surface area contributed by atoms with Crippen molar-refractivity contribution in [1.29, 1.82) is 0 Å². The zero-order valence-electron chi connectivity index (χ0n) is 9.93. The van der Waals surface area contributed by atoms with E-state index in [1.54, 1.807) is 0 Å². The molecule has 0 bridgehead atoms. The Kier molecular flexibility index (Phi) is 3.25. The van der Waals surface area contributed by atoms with Crippen LogP contribution in [0.4, 0.5) is 5.13 Å². The molecular weight excluding hydrogens is 248 g/mol. The molecule has 1 atom stereocenters. The first-order valence-corrected chi connectivity index (χ1v) is 8.01. The number of hydrogen-bond acceptors (Lipinski definition) is 4. The highest BCUT2D eigenvalue weighted by Gasteiger charge is 2.20. The maximum Gasteiger partial charge on any atom is 0.186 e. The fraction of sp³-hybridized carbons (Fsp3) is 0.462. The lowest BCUT2D eigenvalue weighted by Gasteiger charge is -2.25. The Bertz CT molecular complexity index is 476. The molecule has 0 N–H and O–H groups in total. The van der Waals surface area contributed by atoms with Crippen molar-refractivity contribution in [2.24, 2.45) is 0 Å². The Morgan fingerprint density at radius 3 is 3.06 bits per heavy atom. The van der Waals surface area contributed by atoms with Crippen LogP contribution < -0.4 is 4.90 Å². The topological polar surface area (TPSA) is 16.1 Å². The summed E-state index contributed by atoms with van der Waals surface area (Å²) in [6, 6.07) is 9.03. The Morgan fingerprint density at radius 1 is 1.29 bits per heavy atom. The maximum absolute atomic E-state index is 4.76. The van der Waals surface area contributed by atoms with Crippen LogP contribution in [0.15, 0.2) is 24.3 Å². The third kappa shape index (κ3) is 2.29. The number of hydrogen-bond donors (Lipinski definition) is 0. The molecule has 0 aliphatic carbocycles. The highest BCUT2D eigenvalue weighted by molar-refractivity contribution is 7.99. The van der Waals surface area contributed by atoms with E-state index in [4.69, 9.17) is 4.98 Å². The minimum absolute atomic E-state index is 0.616. The molecule has 2 nitrogen and oxygen atoms in total. The van der Waals surface area contributed by atoms with Gasteiger partial charge in [0, 0.05) is 18.3 Å². The molecule has 1 aromatic carbocycles. The van der Waals surface area contributed by atoms with Crippen molar-refractivity contribution >= 4 is 38.4 Å². The summed E-state index contributed by atoms with van der Waals surface area (Å²) in [5.41, 5.74) is 1.14. The molecule has 1 saturated heterocycles. The van der Waals surface area contributed by atoms with Crippen LogP contribution in [0, 0.1) is 0 Å². The minimum atomic E-state index is 0.616. The summed E-state index contributed by atoms with van der Waals surface area (Å²) >= 11 is 3.88. The van der Waals surface area contributed by atoms with E-state index in [2.05, 4.69) is 47.9 Å². The van der Waals surface area contributed by atoms with Gasteiger partial charge in [-0.05, 0) is 31.2 Å². The first kappa shape index (κ1) is 11.4. The summed E-state index contributed by atoms with van der Waals surface area (Å²) in [6.45, 7) is 3.45. The minimum Gasteiger partial charge on any atom is -0.345 e. The molecule has 1 aliphatic heterocycles. The number of para-hydroxylation sites is 1. The van der Waals surface area contributed by atoms with Crippen molar-refractivity contribution in [3.63, 3.8) is 0 Å². The molecule has 2 aromatic rings. The summed E-state index contributed by atoms with van der Waals surface area (Å²) < 4.78 is 1.30. The lowest BCUT2D eigenvalue weighted by Crippen LogP contribution is -2.33. The average molecular weight is 264 g/mol. The second-order valence-corrected chi connectivity index (χ2v) is 6.64. The van der Waals surface area contributed by atoms with Crippen LogP contribution in [0.2, 0.25) is 0 Å². The second-order valence-electron chi connectivity index (χ2n) is 4.41. The first-order valence-electron chi connectivity index (χ1n) is 6.04. The van der Waals surface area contributed by atoms with Gasteiger partial charge in [-0.1, -0.05) is 23.5 Å². The number of nitrogens with zero attached hydrogens (tertiary/aromatic N) is 2. The lowest BCUT2D eigenvalue weighted by molar-refractivity contribution is 0.645. The summed E-state index contributed by atoms with van der Waals surface area (Å²) in [5.74, 6) is 2.50. The highest BCUT2D eigenvalue weighted by atomic mass is 32.2. The van der Waals surface area contributed by atoms with Crippen LogP contribution in [0.1, 0.15) is 13.3 Å². The maximum atomic E-state index is 4.76. The number of fused-ring (bicyclic) bond motifs is 1. The van der Waals surface area contributed by atoms with E-state index >= 15 is 0 Å². The SMILES string of the molecule is CC1CCSCCN1c1nc2ccccc2s1. The molecule has 3 rings (SSSR count). The average Bonchev–Trinajstić information content (AvgIpc) is 2.65. The van der Waals surface area contributed by atoms with Crippen molar-refractivity contribution in [3.05, 3.63) is 24.3 Å². The molecule has 2 heterocycles. The standard InChI is InChI=1S/C13H16N2S2/c1-10-6-8-16-9-7-15(10)13-14-11-4-2-3-5-12(11)17-13/h2-5,10H,6-9H2,1H3. The van der Waals surface area contributed by atoms with Gasteiger partial charge in [0.15, 0.2) is 5.13 Å². The van der Waals surface area contributed by atoms with Crippen molar-refractivity contribution in [2.75, 3.05) is 23.0 Å². The molecule has 0 amide bonds. The van der Waals surface area contributed by atoms with Crippen LogP contribution in [-0.4, -0.2) is 29.1 Å². The molecule has 1 aromatic heterocycles. The quantitative estimate of drug-likeness (QED) is 0.782. The van der Waals surface area contributed by atoms with Crippen LogP contribution in [0.3, 0.4) is 0 Å². The first-order chi connectivity index (χ1) is 8.34. The fourth-order valence-corrected chi connectivity index (χ4v) is 4.29. The van der Waals surface area contributed by atoms with Gasteiger partial charge in [-0.3, -0.25) is 0 Å². The van der Waals surface area contributed by atoms with E-state index in [9.17, 15) is 0 Å². The monoisotopic (exact) mass is 264 g/mol. The molecule has 0 radical (unpaired) electrons. The van der Waals surface area contributed by atoms with Crippen molar-refractivity contribution in [3.8, 4) is 0 Å². The normalized spacial score (nSPS) is 21.7. The lowest BCUT2D eigenvalue weighted by atomic mass is 10.2. The van der Waals surface area contributed by atoms with Crippen molar-refractivity contribution < 1.29 is 0 Å². The van der Waals surface area contributed by atoms with E-state index in [-0.39, 0.29) is 0 Å². The second kappa shape index (κ2) is 4.86. The van der Waals surface area contributed by atoms with Gasteiger partial charge in [0.1, 0.15) is 0 Å². The van der Waals surface area contributed by atoms with Gasteiger partial charge in [-0.2, -0.15) is 11.8 Å². The van der Waals surface area contributed by atoms with Gasteiger partial charge in [0.25, 0.3) is 0 Å². The van der Waals surface area contributed by atoms with E-state index < -0.39 is 0 Å². The van der Waals surface area contributed by atoms with Crippen LogP contribution in [0.25, 0.3) is 10.2 Å². The van der Waals surface area contributed by atoms with Crippen LogP contribution in [0.5, 0.6) is 0 Å². The van der Waals surface area contributed by atoms with Crippen LogP contribution >= 0.6 is 23.1 Å². The smallest absolute Gasteiger partial charge is 0.186 e. The number of thioether (sulfide) groups is 1. The van der Waals surface area contributed by atoms with E-state index in [1.807, 2.05) is 11.3 Å². The Labute approximate surface area is 110 Å². The molecule has 1 fully saturated rings. The Morgan fingerprint density at radius 2 is 2.18 bits per heavy atom. The summed E-state index contributed by atoms with van der Waals surface area (Å²) in [4.78, 5) is 7.24. The molecule has 4 heteroatoms. The molecule has 1 aliphatic rings. The van der Waals surface area contributed by atoms with Gasteiger partial charge in [0.2, 0.25) is 0 Å². The van der Waals surface area contributed by atoms with E-state index in [0.29, 0.717) is 6.04 Å². The largest absolute Gasteiger partial charge is 0.345 e. The fourth-order valence-electron chi connectivity index (χ4n) is 2.16. The molecule has 90 valence electrons. The molecule has 1 unspecified atom stereocenters. The summed E-state index contributed by atoms with van der Waals surface area (Å²) in [6.07, 6.45) is 1.26. The third-order valence-electron chi connectivity index (χ3n) is 3.22. The van der Waals surface area contributed by atoms with Gasteiger partial charge in [0.05, 0.1) is 10.2 Å². The van der Waals surface area contributed by atoms with Gasteiger partial charge >= 0.3 is 0 Å². The summed E-state index contributed by atoms with van der Waals surface area (Å²) in [7, 11) is 0. The molecular formula is C13H16N2S2. The predicted octanol–water partition coefficient (Wildman–Crippen LogP) is 3.63. The zero-order chi connectivity index (χ0) is 11.7. The molecule has 0 saturated carbocycles. The van der Waals surface area contributed by atoms with Gasteiger partial charge in [-0.15, -0.1) is 0 Å². The number of benzene rings is 1. The number of anilines is 1. The molecule has 0 spiro atoms. The number of rotatable bonds is 1. The Hall–Kier alpha value is -0.740.